The minimum Gasteiger partial charge on any atom is -0.504 e. The molecular weight excluding hydrogens is 267 g/mol. The molecule has 0 aliphatic rings. The van der Waals surface area contributed by atoms with Gasteiger partial charge in [-0.1, -0.05) is 0 Å². The SMILES string of the molecule is COc1c(O)c(CC(C)O)cc(Br)c1F. The predicted molar refractivity (Wildman–Crippen MR) is 57.7 cm³/mol. The normalized spacial score (nSPS) is 12.6. The van der Waals surface area contributed by atoms with Crippen LogP contribution in [0.2, 0.25) is 0 Å². The van der Waals surface area contributed by atoms with Crippen LogP contribution in [-0.2, 0) is 6.42 Å². The molecule has 0 heterocycles. The smallest absolute Gasteiger partial charge is 0.198 e. The standard InChI is InChI=1S/C10H12BrFO3/c1-5(13)3-6-4-7(11)8(12)10(15-2)9(6)14/h4-5,13-14H,3H2,1-2H3. The maximum Gasteiger partial charge on any atom is 0.198 e. The lowest BCUT2D eigenvalue weighted by molar-refractivity contribution is 0.194. The Hall–Kier alpha value is -0.810. The van der Waals surface area contributed by atoms with E-state index in [1.54, 1.807) is 6.92 Å². The molecule has 0 radical (unpaired) electrons. The highest BCUT2D eigenvalue weighted by Crippen LogP contribution is 2.37. The van der Waals surface area contributed by atoms with Crippen LogP contribution >= 0.6 is 15.9 Å². The highest BCUT2D eigenvalue weighted by molar-refractivity contribution is 9.10. The van der Waals surface area contributed by atoms with Crippen molar-refractivity contribution in [1.29, 1.82) is 0 Å². The highest BCUT2D eigenvalue weighted by Gasteiger charge is 2.18. The van der Waals surface area contributed by atoms with E-state index in [0.717, 1.165) is 0 Å². The fraction of sp³-hybridized carbons (Fsp3) is 0.400. The zero-order valence-electron chi connectivity index (χ0n) is 8.42. The number of ether oxygens (including phenoxy) is 1. The average Bonchev–Trinajstić information content (AvgIpc) is 2.14. The number of rotatable bonds is 3. The first kappa shape index (κ1) is 12.3. The van der Waals surface area contributed by atoms with Crippen LogP contribution < -0.4 is 4.74 Å². The molecule has 1 atom stereocenters. The summed E-state index contributed by atoms with van der Waals surface area (Å²) in [7, 11) is 1.27. The Labute approximate surface area is 95.6 Å². The third kappa shape index (κ3) is 2.60. The van der Waals surface area contributed by atoms with Crippen LogP contribution in [0.4, 0.5) is 4.39 Å². The van der Waals surface area contributed by atoms with Crippen molar-refractivity contribution in [3.63, 3.8) is 0 Å². The number of methoxy groups -OCH3 is 1. The molecular formula is C10H12BrFO3. The zero-order chi connectivity index (χ0) is 11.6. The second kappa shape index (κ2) is 4.81. The summed E-state index contributed by atoms with van der Waals surface area (Å²) in [6.45, 7) is 1.59. The van der Waals surface area contributed by atoms with Crippen LogP contribution in [0, 0.1) is 5.82 Å². The summed E-state index contributed by atoms with van der Waals surface area (Å²) in [6, 6.07) is 1.43. The topological polar surface area (TPSA) is 49.7 Å². The third-order valence-electron chi connectivity index (χ3n) is 1.95. The molecule has 0 fully saturated rings. The molecule has 0 aromatic heterocycles. The van der Waals surface area contributed by atoms with E-state index in [9.17, 15) is 14.6 Å². The van der Waals surface area contributed by atoms with Crippen LogP contribution in [0.5, 0.6) is 11.5 Å². The Balaban J connectivity index is 3.24. The van der Waals surface area contributed by atoms with E-state index in [-0.39, 0.29) is 22.4 Å². The number of aliphatic hydroxyl groups excluding tert-OH is 1. The third-order valence-corrected chi connectivity index (χ3v) is 2.53. The van der Waals surface area contributed by atoms with Crippen LogP contribution in [0.25, 0.3) is 0 Å². The Bertz CT molecular complexity index is 366. The average molecular weight is 279 g/mol. The first-order valence-corrected chi connectivity index (χ1v) is 5.18. The number of aromatic hydroxyl groups is 1. The number of hydrogen-bond donors (Lipinski definition) is 2. The van der Waals surface area contributed by atoms with Crippen molar-refractivity contribution in [3.8, 4) is 11.5 Å². The van der Waals surface area contributed by atoms with Gasteiger partial charge in [-0.05, 0) is 28.9 Å². The highest BCUT2D eigenvalue weighted by atomic mass is 79.9. The minimum absolute atomic E-state index is 0.202. The molecule has 0 amide bonds. The van der Waals surface area contributed by atoms with Crippen molar-refractivity contribution in [3.05, 3.63) is 21.9 Å². The maximum absolute atomic E-state index is 13.4. The van der Waals surface area contributed by atoms with Gasteiger partial charge in [0.25, 0.3) is 0 Å². The van der Waals surface area contributed by atoms with Gasteiger partial charge in [0.2, 0.25) is 0 Å². The first-order valence-electron chi connectivity index (χ1n) is 4.39. The van der Waals surface area contributed by atoms with Crippen LogP contribution in [-0.4, -0.2) is 23.4 Å². The maximum atomic E-state index is 13.4. The number of phenols is 1. The monoisotopic (exact) mass is 278 g/mol. The quantitative estimate of drug-likeness (QED) is 0.892. The van der Waals surface area contributed by atoms with Crippen molar-refractivity contribution in [2.45, 2.75) is 19.4 Å². The van der Waals surface area contributed by atoms with Crippen LogP contribution in [0.3, 0.4) is 0 Å². The summed E-state index contributed by atoms with van der Waals surface area (Å²) in [5, 5.41) is 18.8. The molecule has 1 rings (SSSR count). The summed E-state index contributed by atoms with van der Waals surface area (Å²) >= 11 is 3.01. The summed E-state index contributed by atoms with van der Waals surface area (Å²) in [5.41, 5.74) is 0.440. The second-order valence-electron chi connectivity index (χ2n) is 3.27. The van der Waals surface area contributed by atoms with Gasteiger partial charge in [0.15, 0.2) is 17.3 Å². The van der Waals surface area contributed by atoms with Gasteiger partial charge in [-0.2, -0.15) is 0 Å². The van der Waals surface area contributed by atoms with Gasteiger partial charge in [-0.25, -0.2) is 4.39 Å². The van der Waals surface area contributed by atoms with Crippen molar-refractivity contribution >= 4 is 15.9 Å². The largest absolute Gasteiger partial charge is 0.504 e. The number of phenolic OH excluding ortho intramolecular Hbond substituents is 1. The summed E-state index contributed by atoms with van der Waals surface area (Å²) < 4.78 is 18.3. The van der Waals surface area contributed by atoms with Crippen molar-refractivity contribution in [2.24, 2.45) is 0 Å². The van der Waals surface area contributed by atoms with E-state index >= 15 is 0 Å². The molecule has 0 saturated heterocycles. The number of aliphatic hydroxyl groups is 1. The minimum atomic E-state index is -0.649. The molecule has 0 aliphatic heterocycles. The number of halogens is 2. The molecule has 3 nitrogen and oxygen atoms in total. The van der Waals surface area contributed by atoms with E-state index in [1.165, 1.54) is 13.2 Å². The molecule has 1 aromatic carbocycles. The van der Waals surface area contributed by atoms with Gasteiger partial charge in [-0.3, -0.25) is 0 Å². The van der Waals surface area contributed by atoms with Gasteiger partial charge in [0.05, 0.1) is 17.7 Å². The predicted octanol–water partition coefficient (Wildman–Crippen LogP) is 2.23. The van der Waals surface area contributed by atoms with Gasteiger partial charge >= 0.3 is 0 Å². The zero-order valence-corrected chi connectivity index (χ0v) is 10.0. The van der Waals surface area contributed by atoms with Crippen molar-refractivity contribution < 1.29 is 19.3 Å². The first-order chi connectivity index (χ1) is 6.97. The summed E-state index contributed by atoms with van der Waals surface area (Å²) in [4.78, 5) is 0. The van der Waals surface area contributed by atoms with E-state index in [1.807, 2.05) is 0 Å². The van der Waals surface area contributed by atoms with Crippen molar-refractivity contribution in [1.82, 2.24) is 0 Å². The van der Waals surface area contributed by atoms with Gasteiger partial charge in [-0.15, -0.1) is 0 Å². The molecule has 0 spiro atoms. The lowest BCUT2D eigenvalue weighted by Gasteiger charge is -2.12. The molecule has 0 aliphatic carbocycles. The molecule has 0 saturated carbocycles. The lowest BCUT2D eigenvalue weighted by atomic mass is 10.1. The lowest BCUT2D eigenvalue weighted by Crippen LogP contribution is -2.05. The summed E-state index contributed by atoms with van der Waals surface area (Å²) in [6.07, 6.45) is -0.376. The van der Waals surface area contributed by atoms with E-state index < -0.39 is 11.9 Å². The molecule has 1 aromatic rings. The fourth-order valence-electron chi connectivity index (χ4n) is 1.30. The number of hydrogen-bond acceptors (Lipinski definition) is 3. The number of benzene rings is 1. The van der Waals surface area contributed by atoms with E-state index in [0.29, 0.717) is 5.56 Å². The van der Waals surface area contributed by atoms with Gasteiger partial charge in [0.1, 0.15) is 0 Å². The molecule has 2 N–H and O–H groups in total. The Morgan fingerprint density at radius 2 is 2.20 bits per heavy atom. The summed E-state index contributed by atoms with van der Waals surface area (Å²) in [5.74, 6) is -1.12. The molecule has 84 valence electrons. The molecule has 5 heteroatoms. The van der Waals surface area contributed by atoms with Gasteiger partial charge < -0.3 is 14.9 Å². The van der Waals surface area contributed by atoms with Crippen LogP contribution in [0.15, 0.2) is 10.5 Å². The molecule has 1 unspecified atom stereocenters. The fourth-order valence-corrected chi connectivity index (χ4v) is 1.76. The Morgan fingerprint density at radius 1 is 1.60 bits per heavy atom. The van der Waals surface area contributed by atoms with Gasteiger partial charge in [0, 0.05) is 12.0 Å². The molecule has 15 heavy (non-hydrogen) atoms. The second-order valence-corrected chi connectivity index (χ2v) is 4.12. The molecule has 0 bridgehead atoms. The van der Waals surface area contributed by atoms with Crippen molar-refractivity contribution in [2.75, 3.05) is 7.11 Å². The van der Waals surface area contributed by atoms with E-state index in [4.69, 9.17) is 4.74 Å². The van der Waals surface area contributed by atoms with E-state index in [2.05, 4.69) is 15.9 Å². The Morgan fingerprint density at radius 3 is 2.67 bits per heavy atom. The Kier molecular flexibility index (Phi) is 3.93. The van der Waals surface area contributed by atoms with Crippen LogP contribution in [0.1, 0.15) is 12.5 Å².